The van der Waals surface area contributed by atoms with Crippen LogP contribution < -0.4 is 0 Å². The van der Waals surface area contributed by atoms with E-state index in [-0.39, 0.29) is 0 Å². The van der Waals surface area contributed by atoms with Gasteiger partial charge in [-0.2, -0.15) is 0 Å². The fraction of sp³-hybridized carbons (Fsp3) is 0.200. The van der Waals surface area contributed by atoms with Crippen molar-refractivity contribution in [2.75, 3.05) is 0 Å². The molecule has 0 aromatic heterocycles. The van der Waals surface area contributed by atoms with Gasteiger partial charge < -0.3 is 0 Å². The summed E-state index contributed by atoms with van der Waals surface area (Å²) in [5.41, 5.74) is 2.31. The number of hydrogen-bond donors (Lipinski definition) is 0. The Labute approximate surface area is 86.4 Å². The van der Waals surface area contributed by atoms with E-state index >= 15 is 0 Å². The van der Waals surface area contributed by atoms with Gasteiger partial charge in [0.1, 0.15) is 0 Å². The van der Waals surface area contributed by atoms with Crippen LogP contribution in [0, 0.1) is 0 Å². The zero-order chi connectivity index (χ0) is 9.14. The molecule has 0 aliphatic heterocycles. The number of rotatable bonds is 2. The number of hydrogen-bond acceptors (Lipinski definition) is 0. The predicted octanol–water partition coefficient (Wildman–Crippen LogP) is 4.44. The van der Waals surface area contributed by atoms with Crippen LogP contribution in [0.25, 0.3) is 6.08 Å². The summed E-state index contributed by atoms with van der Waals surface area (Å²) in [6.07, 6.45) is 1.84. The van der Waals surface area contributed by atoms with Gasteiger partial charge in [0.15, 0.2) is 0 Å². The summed E-state index contributed by atoms with van der Waals surface area (Å²) in [7, 11) is 0. The standard InChI is InChI=1S/C10H10BrCl/c1-3-8-4-5-9(12)6-10(8)7(2)11/h3-7H,1H2,2H3. The molecule has 0 amide bonds. The third-order valence-corrected chi connectivity index (χ3v) is 2.43. The molecule has 0 fully saturated rings. The zero-order valence-electron chi connectivity index (χ0n) is 6.85. The van der Waals surface area contributed by atoms with Crippen molar-refractivity contribution in [3.05, 3.63) is 40.9 Å². The summed E-state index contributed by atoms with van der Waals surface area (Å²) in [4.78, 5) is 0.309. The van der Waals surface area contributed by atoms with Crippen LogP contribution in [0.15, 0.2) is 24.8 Å². The number of halogens is 2. The van der Waals surface area contributed by atoms with E-state index in [0.717, 1.165) is 10.6 Å². The van der Waals surface area contributed by atoms with Gasteiger partial charge in [0.05, 0.1) is 0 Å². The van der Waals surface area contributed by atoms with Crippen LogP contribution in [0.2, 0.25) is 5.02 Å². The van der Waals surface area contributed by atoms with Gasteiger partial charge in [-0.15, -0.1) is 0 Å². The first-order valence-corrected chi connectivity index (χ1v) is 5.00. The van der Waals surface area contributed by atoms with E-state index in [1.807, 2.05) is 24.3 Å². The number of alkyl halides is 1. The minimum Gasteiger partial charge on any atom is -0.0985 e. The molecule has 1 atom stereocenters. The molecule has 0 spiro atoms. The van der Waals surface area contributed by atoms with Gasteiger partial charge in [0.2, 0.25) is 0 Å². The van der Waals surface area contributed by atoms with Crippen LogP contribution in [0.5, 0.6) is 0 Å². The molecule has 1 unspecified atom stereocenters. The molecule has 0 radical (unpaired) electrons. The summed E-state index contributed by atoms with van der Waals surface area (Å²) < 4.78 is 0. The van der Waals surface area contributed by atoms with E-state index in [2.05, 4.69) is 29.4 Å². The second kappa shape index (κ2) is 4.11. The summed E-state index contributed by atoms with van der Waals surface area (Å²) in [5.74, 6) is 0. The first-order valence-electron chi connectivity index (χ1n) is 3.71. The molecule has 0 nitrogen and oxygen atoms in total. The minimum atomic E-state index is 0.309. The lowest BCUT2D eigenvalue weighted by atomic mass is 10.1. The Kier molecular flexibility index (Phi) is 3.36. The fourth-order valence-corrected chi connectivity index (χ4v) is 1.65. The molecule has 0 bridgehead atoms. The average molecular weight is 246 g/mol. The molecule has 2 heteroatoms. The van der Waals surface area contributed by atoms with Crippen molar-refractivity contribution < 1.29 is 0 Å². The third kappa shape index (κ3) is 2.11. The Balaban J connectivity index is 3.21. The SMILES string of the molecule is C=Cc1ccc(Cl)cc1C(C)Br. The summed E-state index contributed by atoms with van der Waals surface area (Å²) in [6, 6.07) is 5.80. The molecule has 1 rings (SSSR count). The van der Waals surface area contributed by atoms with Gasteiger partial charge in [-0.05, 0) is 30.2 Å². The predicted molar refractivity (Wildman–Crippen MR) is 58.9 cm³/mol. The smallest absolute Gasteiger partial charge is 0.0409 e. The van der Waals surface area contributed by atoms with Gasteiger partial charge in [-0.25, -0.2) is 0 Å². The van der Waals surface area contributed by atoms with Crippen LogP contribution in [-0.2, 0) is 0 Å². The van der Waals surface area contributed by atoms with Crippen LogP contribution in [0.1, 0.15) is 22.9 Å². The van der Waals surface area contributed by atoms with Crippen LogP contribution in [0.3, 0.4) is 0 Å². The monoisotopic (exact) mass is 244 g/mol. The maximum absolute atomic E-state index is 5.86. The Morgan fingerprint density at radius 3 is 2.75 bits per heavy atom. The van der Waals surface area contributed by atoms with E-state index in [1.54, 1.807) is 0 Å². The Morgan fingerprint density at radius 1 is 1.58 bits per heavy atom. The maximum Gasteiger partial charge on any atom is 0.0409 e. The summed E-state index contributed by atoms with van der Waals surface area (Å²) >= 11 is 9.36. The van der Waals surface area contributed by atoms with Crippen molar-refractivity contribution in [1.82, 2.24) is 0 Å². The third-order valence-electron chi connectivity index (χ3n) is 1.70. The molecule has 12 heavy (non-hydrogen) atoms. The van der Waals surface area contributed by atoms with Crippen molar-refractivity contribution in [2.45, 2.75) is 11.8 Å². The van der Waals surface area contributed by atoms with Crippen LogP contribution >= 0.6 is 27.5 Å². The zero-order valence-corrected chi connectivity index (χ0v) is 9.19. The lowest BCUT2D eigenvalue weighted by Gasteiger charge is -2.08. The lowest BCUT2D eigenvalue weighted by molar-refractivity contribution is 1.12. The number of benzene rings is 1. The van der Waals surface area contributed by atoms with E-state index in [0.29, 0.717) is 4.83 Å². The van der Waals surface area contributed by atoms with E-state index < -0.39 is 0 Å². The van der Waals surface area contributed by atoms with Crippen molar-refractivity contribution in [3.63, 3.8) is 0 Å². The molecular weight excluding hydrogens is 235 g/mol. The highest BCUT2D eigenvalue weighted by atomic mass is 79.9. The van der Waals surface area contributed by atoms with Crippen LogP contribution in [0.4, 0.5) is 0 Å². The fourth-order valence-electron chi connectivity index (χ4n) is 1.08. The Bertz CT molecular complexity index is 292. The molecule has 1 aromatic carbocycles. The molecule has 0 heterocycles. The van der Waals surface area contributed by atoms with Gasteiger partial charge in [-0.3, -0.25) is 0 Å². The molecule has 0 saturated heterocycles. The molecule has 1 aromatic rings. The van der Waals surface area contributed by atoms with Crippen molar-refractivity contribution in [1.29, 1.82) is 0 Å². The van der Waals surface area contributed by atoms with Gasteiger partial charge in [-0.1, -0.05) is 46.3 Å². The largest absolute Gasteiger partial charge is 0.0985 e. The molecule has 0 saturated carbocycles. The second-order valence-corrected chi connectivity index (χ2v) is 4.40. The maximum atomic E-state index is 5.86. The highest BCUT2D eigenvalue weighted by molar-refractivity contribution is 9.09. The molecule has 0 aliphatic rings. The first kappa shape index (κ1) is 9.82. The summed E-state index contributed by atoms with van der Waals surface area (Å²) in [5, 5.41) is 0.766. The second-order valence-electron chi connectivity index (χ2n) is 2.59. The molecule has 64 valence electrons. The summed E-state index contributed by atoms with van der Waals surface area (Å²) in [6.45, 7) is 5.81. The average Bonchev–Trinajstić information content (AvgIpc) is 2.04. The lowest BCUT2D eigenvalue weighted by Crippen LogP contribution is -1.88. The Hall–Kier alpha value is -0.270. The molecular formula is C10H10BrCl. The molecule has 0 N–H and O–H groups in total. The van der Waals surface area contributed by atoms with Gasteiger partial charge in [0.25, 0.3) is 0 Å². The van der Waals surface area contributed by atoms with Crippen LogP contribution in [-0.4, -0.2) is 0 Å². The van der Waals surface area contributed by atoms with Gasteiger partial charge >= 0.3 is 0 Å². The highest BCUT2D eigenvalue weighted by Gasteiger charge is 2.05. The minimum absolute atomic E-state index is 0.309. The first-order chi connectivity index (χ1) is 5.65. The highest BCUT2D eigenvalue weighted by Crippen LogP contribution is 2.28. The van der Waals surface area contributed by atoms with E-state index in [9.17, 15) is 0 Å². The normalized spacial score (nSPS) is 12.6. The van der Waals surface area contributed by atoms with Gasteiger partial charge in [0, 0.05) is 9.85 Å². The topological polar surface area (TPSA) is 0 Å². The van der Waals surface area contributed by atoms with E-state index in [4.69, 9.17) is 11.6 Å². The van der Waals surface area contributed by atoms with Crippen molar-refractivity contribution in [2.24, 2.45) is 0 Å². The van der Waals surface area contributed by atoms with Crippen molar-refractivity contribution in [3.8, 4) is 0 Å². The Morgan fingerprint density at radius 2 is 2.25 bits per heavy atom. The quantitative estimate of drug-likeness (QED) is 0.676. The van der Waals surface area contributed by atoms with E-state index in [1.165, 1.54) is 5.56 Å². The van der Waals surface area contributed by atoms with Crippen molar-refractivity contribution >= 4 is 33.6 Å². The molecule has 0 aliphatic carbocycles.